The van der Waals surface area contributed by atoms with Crippen LogP contribution in [0.5, 0.6) is 17.2 Å². The van der Waals surface area contributed by atoms with Crippen molar-refractivity contribution in [3.8, 4) is 17.2 Å². The minimum Gasteiger partial charge on any atom is -0.493 e. The van der Waals surface area contributed by atoms with Gasteiger partial charge in [-0.15, -0.1) is 0 Å². The lowest BCUT2D eigenvalue weighted by molar-refractivity contribution is -0.141. The van der Waals surface area contributed by atoms with E-state index in [1.807, 2.05) is 0 Å². The standard InChI is InChI=1S/C15H21NO6/c1-5-10(15(18)19)16-13(17)8-9-6-11(20-2)14(22-4)12(7-9)21-3/h6-7,10H,5,8H2,1-4H3,(H,16,17)(H,18,19). The van der Waals surface area contributed by atoms with E-state index in [0.717, 1.165) is 0 Å². The van der Waals surface area contributed by atoms with Gasteiger partial charge in [-0.25, -0.2) is 4.79 Å². The highest BCUT2D eigenvalue weighted by Gasteiger charge is 2.19. The van der Waals surface area contributed by atoms with Gasteiger partial charge in [-0.2, -0.15) is 0 Å². The second-order valence-electron chi connectivity index (χ2n) is 4.58. The van der Waals surface area contributed by atoms with E-state index in [1.54, 1.807) is 19.1 Å². The highest BCUT2D eigenvalue weighted by Crippen LogP contribution is 2.38. The monoisotopic (exact) mass is 311 g/mol. The summed E-state index contributed by atoms with van der Waals surface area (Å²) >= 11 is 0. The zero-order valence-corrected chi connectivity index (χ0v) is 13.1. The number of carbonyl (C=O) groups is 2. The quantitative estimate of drug-likeness (QED) is 0.750. The van der Waals surface area contributed by atoms with Crippen molar-refractivity contribution in [3.63, 3.8) is 0 Å². The SMILES string of the molecule is CCC(NC(=O)Cc1cc(OC)c(OC)c(OC)c1)C(=O)O. The fraction of sp³-hybridized carbons (Fsp3) is 0.467. The highest BCUT2D eigenvalue weighted by molar-refractivity contribution is 5.85. The van der Waals surface area contributed by atoms with Crippen molar-refractivity contribution < 1.29 is 28.9 Å². The minimum atomic E-state index is -1.05. The van der Waals surface area contributed by atoms with Crippen LogP contribution in [0.3, 0.4) is 0 Å². The van der Waals surface area contributed by atoms with Gasteiger partial charge >= 0.3 is 5.97 Å². The molecule has 0 aromatic heterocycles. The Balaban J connectivity index is 2.93. The summed E-state index contributed by atoms with van der Waals surface area (Å²) in [6.07, 6.45) is 0.330. The van der Waals surface area contributed by atoms with Crippen LogP contribution in [-0.2, 0) is 16.0 Å². The number of nitrogens with one attached hydrogen (secondary N) is 1. The number of carboxylic acid groups (broad SMARTS) is 1. The third-order valence-corrected chi connectivity index (χ3v) is 3.13. The zero-order chi connectivity index (χ0) is 16.7. The summed E-state index contributed by atoms with van der Waals surface area (Å²) in [6, 6.07) is 2.42. The number of ether oxygens (including phenoxy) is 3. The Morgan fingerprint density at radius 1 is 1.14 bits per heavy atom. The molecule has 2 N–H and O–H groups in total. The first-order valence-electron chi connectivity index (χ1n) is 6.77. The summed E-state index contributed by atoms with van der Waals surface area (Å²) in [6.45, 7) is 1.69. The maximum absolute atomic E-state index is 12.0. The third kappa shape index (κ3) is 4.28. The summed E-state index contributed by atoms with van der Waals surface area (Å²) in [5, 5.41) is 11.4. The van der Waals surface area contributed by atoms with E-state index in [2.05, 4.69) is 5.32 Å². The first kappa shape index (κ1) is 17.6. The van der Waals surface area contributed by atoms with E-state index in [9.17, 15) is 9.59 Å². The van der Waals surface area contributed by atoms with E-state index in [-0.39, 0.29) is 12.3 Å². The maximum Gasteiger partial charge on any atom is 0.326 e. The lowest BCUT2D eigenvalue weighted by atomic mass is 10.1. The molecule has 22 heavy (non-hydrogen) atoms. The van der Waals surface area contributed by atoms with Crippen molar-refractivity contribution in [3.05, 3.63) is 17.7 Å². The summed E-state index contributed by atoms with van der Waals surface area (Å²) < 4.78 is 15.6. The van der Waals surface area contributed by atoms with Crippen LogP contribution in [0.2, 0.25) is 0 Å². The number of hydrogen-bond donors (Lipinski definition) is 2. The molecule has 7 nitrogen and oxygen atoms in total. The number of amides is 1. The first-order valence-corrected chi connectivity index (χ1v) is 6.77. The fourth-order valence-electron chi connectivity index (χ4n) is 2.01. The van der Waals surface area contributed by atoms with Gasteiger partial charge in [-0.1, -0.05) is 6.92 Å². The zero-order valence-electron chi connectivity index (χ0n) is 13.1. The van der Waals surface area contributed by atoms with Gasteiger partial charge in [-0.05, 0) is 24.1 Å². The average Bonchev–Trinajstić information content (AvgIpc) is 2.51. The largest absolute Gasteiger partial charge is 0.493 e. The van der Waals surface area contributed by atoms with Crippen molar-refractivity contribution in [2.75, 3.05) is 21.3 Å². The molecule has 7 heteroatoms. The molecular formula is C15H21NO6. The Bertz CT molecular complexity index is 518. The molecule has 122 valence electrons. The number of aliphatic carboxylic acids is 1. The molecule has 0 heterocycles. The van der Waals surface area contributed by atoms with E-state index < -0.39 is 12.0 Å². The molecule has 1 rings (SSSR count). The minimum absolute atomic E-state index is 0.0144. The topological polar surface area (TPSA) is 94.1 Å². The first-order chi connectivity index (χ1) is 10.5. The molecule has 1 aromatic carbocycles. The smallest absolute Gasteiger partial charge is 0.326 e. The van der Waals surface area contributed by atoms with Crippen LogP contribution in [-0.4, -0.2) is 44.4 Å². The Morgan fingerprint density at radius 2 is 1.68 bits per heavy atom. The molecular weight excluding hydrogens is 290 g/mol. The molecule has 0 spiro atoms. The molecule has 1 amide bonds. The van der Waals surface area contributed by atoms with E-state index in [1.165, 1.54) is 21.3 Å². The normalized spacial score (nSPS) is 11.5. The number of benzene rings is 1. The van der Waals surface area contributed by atoms with Crippen LogP contribution in [0.15, 0.2) is 12.1 Å². The van der Waals surface area contributed by atoms with Crippen LogP contribution in [0.25, 0.3) is 0 Å². The van der Waals surface area contributed by atoms with Crippen LogP contribution in [0.1, 0.15) is 18.9 Å². The van der Waals surface area contributed by atoms with E-state index >= 15 is 0 Å². The second kappa shape index (κ2) is 8.11. The van der Waals surface area contributed by atoms with Crippen molar-refractivity contribution in [1.82, 2.24) is 5.32 Å². The van der Waals surface area contributed by atoms with Gasteiger partial charge in [0.1, 0.15) is 6.04 Å². The summed E-state index contributed by atoms with van der Waals surface area (Å²) in [7, 11) is 4.46. The molecule has 0 saturated carbocycles. The van der Waals surface area contributed by atoms with Gasteiger partial charge in [0.05, 0.1) is 27.8 Å². The Morgan fingerprint density at radius 3 is 2.05 bits per heavy atom. The number of rotatable bonds is 8. The Kier molecular flexibility index (Phi) is 6.49. The lowest BCUT2D eigenvalue weighted by Gasteiger charge is -2.15. The van der Waals surface area contributed by atoms with Crippen LogP contribution >= 0.6 is 0 Å². The number of carbonyl (C=O) groups excluding carboxylic acids is 1. The molecule has 1 aromatic rings. The second-order valence-corrected chi connectivity index (χ2v) is 4.58. The summed E-state index contributed by atoms with van der Waals surface area (Å²) in [4.78, 5) is 22.9. The number of carboxylic acids is 1. The van der Waals surface area contributed by atoms with Crippen LogP contribution < -0.4 is 19.5 Å². The third-order valence-electron chi connectivity index (χ3n) is 3.13. The number of hydrogen-bond acceptors (Lipinski definition) is 5. The fourth-order valence-corrected chi connectivity index (χ4v) is 2.01. The van der Waals surface area contributed by atoms with Gasteiger partial charge < -0.3 is 24.6 Å². The molecule has 0 radical (unpaired) electrons. The molecule has 0 aliphatic rings. The van der Waals surface area contributed by atoms with Gasteiger partial charge in [0.15, 0.2) is 11.5 Å². The maximum atomic E-state index is 12.0. The highest BCUT2D eigenvalue weighted by atomic mass is 16.5. The van der Waals surface area contributed by atoms with Crippen molar-refractivity contribution >= 4 is 11.9 Å². The van der Waals surface area contributed by atoms with Gasteiger partial charge in [0, 0.05) is 0 Å². The molecule has 0 aliphatic heterocycles. The lowest BCUT2D eigenvalue weighted by Crippen LogP contribution is -2.40. The van der Waals surface area contributed by atoms with Crippen molar-refractivity contribution in [2.24, 2.45) is 0 Å². The molecule has 0 bridgehead atoms. The molecule has 0 aliphatic carbocycles. The summed E-state index contributed by atoms with van der Waals surface area (Å²) in [5.41, 5.74) is 0.632. The molecule has 1 unspecified atom stereocenters. The van der Waals surface area contributed by atoms with Crippen molar-refractivity contribution in [2.45, 2.75) is 25.8 Å². The molecule has 0 saturated heterocycles. The van der Waals surface area contributed by atoms with E-state index in [0.29, 0.717) is 29.2 Å². The predicted octanol–water partition coefficient (Wildman–Crippen LogP) is 1.23. The average molecular weight is 311 g/mol. The van der Waals surface area contributed by atoms with E-state index in [4.69, 9.17) is 19.3 Å². The molecule has 1 atom stereocenters. The Hall–Kier alpha value is -2.44. The van der Waals surface area contributed by atoms with Crippen molar-refractivity contribution in [1.29, 1.82) is 0 Å². The predicted molar refractivity (Wildman–Crippen MR) is 79.7 cm³/mol. The number of methoxy groups -OCH3 is 3. The van der Waals surface area contributed by atoms with Gasteiger partial charge in [0.25, 0.3) is 0 Å². The van der Waals surface area contributed by atoms with Crippen LogP contribution in [0.4, 0.5) is 0 Å². The van der Waals surface area contributed by atoms with Gasteiger partial charge in [-0.3, -0.25) is 4.79 Å². The molecule has 0 fully saturated rings. The van der Waals surface area contributed by atoms with Gasteiger partial charge in [0.2, 0.25) is 11.7 Å². The summed E-state index contributed by atoms with van der Waals surface area (Å²) in [5.74, 6) is -0.125. The Labute approximate surface area is 129 Å². The van der Waals surface area contributed by atoms with Crippen LogP contribution in [0, 0.1) is 0 Å².